The molecule has 0 saturated carbocycles. The van der Waals surface area contributed by atoms with E-state index in [9.17, 15) is 4.79 Å². The van der Waals surface area contributed by atoms with E-state index in [1.165, 1.54) is 11.8 Å². The van der Waals surface area contributed by atoms with Gasteiger partial charge in [0.15, 0.2) is 5.16 Å². The number of hydrogen-bond acceptors (Lipinski definition) is 5. The van der Waals surface area contributed by atoms with Crippen molar-refractivity contribution in [1.29, 1.82) is 0 Å². The number of carbonyl (C=O) groups excluding carboxylic acids is 1. The molecule has 0 unspecified atom stereocenters. The van der Waals surface area contributed by atoms with Crippen molar-refractivity contribution < 1.29 is 9.53 Å². The number of alkyl carbamates (subject to hydrolysis) is 1. The normalized spacial score (nSPS) is 12.1. The molecule has 0 radical (unpaired) electrons. The molecule has 0 aliphatic carbocycles. The highest BCUT2D eigenvalue weighted by Gasteiger charge is 2.24. The zero-order valence-corrected chi connectivity index (χ0v) is 12.9. The van der Waals surface area contributed by atoms with Gasteiger partial charge in [-0.15, -0.1) is 0 Å². The van der Waals surface area contributed by atoms with Gasteiger partial charge in [0.1, 0.15) is 5.60 Å². The van der Waals surface area contributed by atoms with Crippen LogP contribution in [0.4, 0.5) is 4.79 Å². The highest BCUT2D eigenvalue weighted by atomic mass is 32.2. The van der Waals surface area contributed by atoms with Crippen molar-refractivity contribution in [3.05, 3.63) is 18.5 Å². The first-order valence-corrected chi connectivity index (χ1v) is 7.07. The first kappa shape index (κ1) is 15.8. The van der Waals surface area contributed by atoms with Crippen LogP contribution in [0.15, 0.2) is 23.6 Å². The topological polar surface area (TPSA) is 64.1 Å². The molecule has 0 aliphatic heterocycles. The molecule has 0 aliphatic rings. The zero-order valence-electron chi connectivity index (χ0n) is 12.1. The van der Waals surface area contributed by atoms with E-state index < -0.39 is 17.2 Å². The fraction of sp³-hybridized carbons (Fsp3) is 0.615. The van der Waals surface area contributed by atoms with Gasteiger partial charge in [-0.2, -0.15) is 0 Å². The monoisotopic (exact) mass is 283 g/mol. The lowest BCUT2D eigenvalue weighted by molar-refractivity contribution is 0.0482. The largest absolute Gasteiger partial charge is 0.444 e. The van der Waals surface area contributed by atoms with E-state index in [2.05, 4.69) is 15.3 Å². The lowest BCUT2D eigenvalue weighted by Crippen LogP contribution is -2.47. The van der Waals surface area contributed by atoms with E-state index in [0.29, 0.717) is 10.9 Å². The summed E-state index contributed by atoms with van der Waals surface area (Å²) in [6.07, 6.45) is 2.99. The maximum atomic E-state index is 11.7. The lowest BCUT2D eigenvalue weighted by atomic mass is 10.1. The molecule has 19 heavy (non-hydrogen) atoms. The number of ether oxygens (including phenoxy) is 1. The van der Waals surface area contributed by atoms with Crippen LogP contribution >= 0.6 is 11.8 Å². The Morgan fingerprint density at radius 2 is 1.84 bits per heavy atom. The fourth-order valence-corrected chi connectivity index (χ4v) is 2.05. The van der Waals surface area contributed by atoms with Crippen LogP contribution in [0.25, 0.3) is 0 Å². The molecule has 1 aromatic heterocycles. The van der Waals surface area contributed by atoms with Crippen molar-refractivity contribution in [1.82, 2.24) is 15.3 Å². The van der Waals surface area contributed by atoms with Gasteiger partial charge in [0.25, 0.3) is 0 Å². The van der Waals surface area contributed by atoms with Gasteiger partial charge in [-0.25, -0.2) is 14.8 Å². The molecule has 0 spiro atoms. The van der Waals surface area contributed by atoms with E-state index in [1.54, 1.807) is 18.5 Å². The van der Waals surface area contributed by atoms with Crippen LogP contribution in [-0.4, -0.2) is 33.0 Å². The Labute approximate surface area is 118 Å². The Hall–Kier alpha value is -1.30. The van der Waals surface area contributed by atoms with Crippen LogP contribution in [-0.2, 0) is 4.74 Å². The Balaban J connectivity index is 2.45. The van der Waals surface area contributed by atoms with E-state index in [1.807, 2.05) is 34.6 Å². The summed E-state index contributed by atoms with van der Waals surface area (Å²) in [4.78, 5) is 20.0. The smallest absolute Gasteiger partial charge is 0.408 e. The van der Waals surface area contributed by atoms with Crippen molar-refractivity contribution in [3.63, 3.8) is 0 Å². The van der Waals surface area contributed by atoms with E-state index in [-0.39, 0.29) is 0 Å². The minimum atomic E-state index is -0.490. The van der Waals surface area contributed by atoms with Crippen molar-refractivity contribution >= 4 is 17.9 Å². The molecule has 1 rings (SSSR count). The highest BCUT2D eigenvalue weighted by Crippen LogP contribution is 2.19. The average molecular weight is 283 g/mol. The highest BCUT2D eigenvalue weighted by molar-refractivity contribution is 7.99. The summed E-state index contributed by atoms with van der Waals surface area (Å²) in [6, 6.07) is 1.77. The number of rotatable bonds is 4. The van der Waals surface area contributed by atoms with Crippen LogP contribution in [0, 0.1) is 0 Å². The third-order valence-electron chi connectivity index (χ3n) is 1.94. The van der Waals surface area contributed by atoms with Crippen molar-refractivity contribution in [2.45, 2.75) is 50.9 Å². The molecule has 0 fully saturated rings. The number of hydrogen-bond donors (Lipinski definition) is 1. The summed E-state index contributed by atoms with van der Waals surface area (Å²) in [5.41, 5.74) is -0.887. The summed E-state index contributed by atoms with van der Waals surface area (Å²) in [7, 11) is 0. The molecule has 106 valence electrons. The molecule has 1 amide bonds. The third-order valence-corrected chi connectivity index (χ3v) is 3.28. The number of amides is 1. The first-order valence-electron chi connectivity index (χ1n) is 6.09. The Morgan fingerprint density at radius 3 is 2.37 bits per heavy atom. The number of aromatic nitrogens is 2. The Kier molecular flexibility index (Phi) is 5.17. The van der Waals surface area contributed by atoms with Gasteiger partial charge < -0.3 is 10.1 Å². The van der Waals surface area contributed by atoms with E-state index >= 15 is 0 Å². The zero-order chi connectivity index (χ0) is 14.5. The molecular formula is C13H21N3O2S. The average Bonchev–Trinajstić information content (AvgIpc) is 2.24. The molecule has 0 aromatic carbocycles. The molecular weight excluding hydrogens is 262 g/mol. The van der Waals surface area contributed by atoms with Gasteiger partial charge >= 0.3 is 6.09 Å². The summed E-state index contributed by atoms with van der Waals surface area (Å²) >= 11 is 1.49. The summed E-state index contributed by atoms with van der Waals surface area (Å²) in [5.74, 6) is 0.663. The van der Waals surface area contributed by atoms with Gasteiger partial charge in [-0.3, -0.25) is 0 Å². The maximum absolute atomic E-state index is 11.7. The van der Waals surface area contributed by atoms with Crippen molar-refractivity contribution in [2.75, 3.05) is 5.75 Å². The van der Waals surface area contributed by atoms with Gasteiger partial charge in [0.2, 0.25) is 0 Å². The van der Waals surface area contributed by atoms with Gasteiger partial charge in [-0.1, -0.05) is 11.8 Å². The van der Waals surface area contributed by atoms with Crippen LogP contribution in [0.5, 0.6) is 0 Å². The lowest BCUT2D eigenvalue weighted by Gasteiger charge is -2.28. The van der Waals surface area contributed by atoms with Crippen LogP contribution in [0.1, 0.15) is 34.6 Å². The van der Waals surface area contributed by atoms with Crippen LogP contribution in [0.2, 0.25) is 0 Å². The molecule has 1 N–H and O–H groups in total. The van der Waals surface area contributed by atoms with Crippen LogP contribution in [0.3, 0.4) is 0 Å². The Bertz CT molecular complexity index is 416. The fourth-order valence-electron chi connectivity index (χ4n) is 1.22. The van der Waals surface area contributed by atoms with Gasteiger partial charge in [-0.05, 0) is 40.7 Å². The number of nitrogens with one attached hydrogen (secondary N) is 1. The molecule has 6 heteroatoms. The predicted molar refractivity (Wildman–Crippen MR) is 76.2 cm³/mol. The van der Waals surface area contributed by atoms with Gasteiger partial charge in [0.05, 0.1) is 0 Å². The third kappa shape index (κ3) is 7.00. The number of thioether (sulfide) groups is 1. The summed E-state index contributed by atoms with van der Waals surface area (Å²) < 4.78 is 5.24. The minimum absolute atomic E-state index is 0.397. The quantitative estimate of drug-likeness (QED) is 0.680. The first-order chi connectivity index (χ1) is 8.68. The van der Waals surface area contributed by atoms with Gasteiger partial charge in [0, 0.05) is 23.7 Å². The Morgan fingerprint density at radius 1 is 1.26 bits per heavy atom. The van der Waals surface area contributed by atoms with Crippen molar-refractivity contribution in [2.24, 2.45) is 0 Å². The van der Waals surface area contributed by atoms with E-state index in [4.69, 9.17) is 4.74 Å². The predicted octanol–water partition coefficient (Wildman–Crippen LogP) is 2.87. The standard InChI is InChI=1S/C13H21N3O2S/c1-12(2,3)18-11(17)16-13(4,5)9-19-10-14-7-6-8-15-10/h6-8H,9H2,1-5H3,(H,16,17). The molecule has 5 nitrogen and oxygen atoms in total. The SMILES string of the molecule is CC(C)(CSc1ncccn1)NC(=O)OC(C)(C)C. The molecule has 1 heterocycles. The summed E-state index contributed by atoms with van der Waals surface area (Å²) in [6.45, 7) is 9.39. The summed E-state index contributed by atoms with van der Waals surface area (Å²) in [5, 5.41) is 3.54. The number of nitrogens with zero attached hydrogens (tertiary/aromatic N) is 2. The number of carbonyl (C=O) groups is 1. The minimum Gasteiger partial charge on any atom is -0.444 e. The molecule has 1 aromatic rings. The van der Waals surface area contributed by atoms with E-state index in [0.717, 1.165) is 0 Å². The molecule has 0 saturated heterocycles. The second-order valence-electron chi connectivity index (χ2n) is 5.83. The second kappa shape index (κ2) is 6.23. The maximum Gasteiger partial charge on any atom is 0.408 e. The molecule has 0 bridgehead atoms. The second-order valence-corrected chi connectivity index (χ2v) is 6.77. The molecule has 0 atom stereocenters. The van der Waals surface area contributed by atoms with Crippen molar-refractivity contribution in [3.8, 4) is 0 Å². The van der Waals surface area contributed by atoms with Crippen LogP contribution < -0.4 is 5.32 Å².